The summed E-state index contributed by atoms with van der Waals surface area (Å²) in [6, 6.07) is 12.2. The maximum Gasteiger partial charge on any atom is 0.335 e. The Labute approximate surface area is 167 Å². The molecule has 0 radical (unpaired) electrons. The molecule has 1 aliphatic rings. The van der Waals surface area contributed by atoms with Gasteiger partial charge in [0.25, 0.3) is 0 Å². The number of anilines is 1. The molecule has 3 aromatic rings. The molecule has 0 amide bonds. The summed E-state index contributed by atoms with van der Waals surface area (Å²) < 4.78 is 7.38. The third-order valence-electron chi connectivity index (χ3n) is 4.90. The van der Waals surface area contributed by atoms with Gasteiger partial charge in [-0.25, -0.2) is 9.48 Å². The van der Waals surface area contributed by atoms with E-state index in [4.69, 9.17) is 26.5 Å². The maximum absolute atomic E-state index is 11.2. The normalized spacial score (nSPS) is 13.4. The Kier molecular flexibility index (Phi) is 4.96. The Morgan fingerprint density at radius 2 is 2.00 bits per heavy atom. The van der Waals surface area contributed by atoms with Crippen LogP contribution in [0.4, 0.5) is 5.82 Å². The van der Waals surface area contributed by atoms with Crippen LogP contribution in [-0.4, -0.2) is 34.5 Å². The van der Waals surface area contributed by atoms with Gasteiger partial charge in [0.2, 0.25) is 0 Å². The molecular weight excluding hydrogens is 378 g/mol. The number of ether oxygens (including phenoxy) is 1. The number of carboxylic acid groups (broad SMARTS) is 1. The molecule has 1 aliphatic heterocycles. The summed E-state index contributed by atoms with van der Waals surface area (Å²) in [5.74, 6) is 0.688. The molecule has 1 aromatic heterocycles. The van der Waals surface area contributed by atoms with Gasteiger partial charge in [-0.3, -0.25) is 0 Å². The Morgan fingerprint density at radius 1 is 1.21 bits per heavy atom. The molecule has 2 aromatic carbocycles. The lowest BCUT2D eigenvalue weighted by Gasteiger charge is -2.09. The Bertz CT molecular complexity index is 1030. The number of carbonyl (C=O) groups is 1. The maximum atomic E-state index is 11.2. The standard InChI is InChI=1S/C21H20ClN3O3/c1-28-18-10-7-14(22)12-17(18)19-16-4-2-3-11-23-20(16)25(24-19)15-8-5-13(6-9-15)21(26)27/h5-10,12,23H,2-4,11H2,1H3,(H,26,27). The molecule has 0 aliphatic carbocycles. The first-order chi connectivity index (χ1) is 13.6. The second-order valence-electron chi connectivity index (χ2n) is 6.67. The summed E-state index contributed by atoms with van der Waals surface area (Å²) in [6.45, 7) is 0.859. The summed E-state index contributed by atoms with van der Waals surface area (Å²) in [6.07, 6.45) is 3.01. The Hall–Kier alpha value is -2.99. The first-order valence-electron chi connectivity index (χ1n) is 9.12. The van der Waals surface area contributed by atoms with Crippen LogP contribution in [-0.2, 0) is 6.42 Å². The smallest absolute Gasteiger partial charge is 0.335 e. The van der Waals surface area contributed by atoms with E-state index in [2.05, 4.69) is 5.32 Å². The van der Waals surface area contributed by atoms with Crippen molar-refractivity contribution >= 4 is 23.4 Å². The van der Waals surface area contributed by atoms with Gasteiger partial charge < -0.3 is 15.2 Å². The highest BCUT2D eigenvalue weighted by atomic mass is 35.5. The summed E-state index contributed by atoms with van der Waals surface area (Å²) in [5.41, 5.74) is 3.82. The zero-order chi connectivity index (χ0) is 19.7. The van der Waals surface area contributed by atoms with Gasteiger partial charge >= 0.3 is 5.97 Å². The highest BCUT2D eigenvalue weighted by Gasteiger charge is 2.24. The summed E-state index contributed by atoms with van der Waals surface area (Å²) in [5, 5.41) is 18.1. The van der Waals surface area contributed by atoms with Gasteiger partial charge in [0.05, 0.1) is 18.4 Å². The van der Waals surface area contributed by atoms with E-state index in [0.717, 1.165) is 54.1 Å². The van der Waals surface area contributed by atoms with Gasteiger partial charge in [0, 0.05) is 22.7 Å². The molecule has 7 heteroatoms. The monoisotopic (exact) mass is 397 g/mol. The molecule has 0 fully saturated rings. The van der Waals surface area contributed by atoms with Crippen LogP contribution in [0.15, 0.2) is 42.5 Å². The quantitative estimate of drug-likeness (QED) is 0.670. The lowest BCUT2D eigenvalue weighted by atomic mass is 10.0. The lowest BCUT2D eigenvalue weighted by molar-refractivity contribution is 0.0697. The van der Waals surface area contributed by atoms with Crippen molar-refractivity contribution in [2.24, 2.45) is 0 Å². The number of nitrogens with one attached hydrogen (secondary N) is 1. The Balaban J connectivity index is 1.90. The van der Waals surface area contributed by atoms with Gasteiger partial charge in [0.15, 0.2) is 0 Å². The average Bonchev–Trinajstić information content (AvgIpc) is 2.88. The molecule has 2 heterocycles. The van der Waals surface area contributed by atoms with Crippen molar-refractivity contribution in [1.29, 1.82) is 0 Å². The van der Waals surface area contributed by atoms with Gasteiger partial charge in [0.1, 0.15) is 17.3 Å². The van der Waals surface area contributed by atoms with Gasteiger partial charge in [-0.2, -0.15) is 5.10 Å². The zero-order valence-electron chi connectivity index (χ0n) is 15.4. The highest BCUT2D eigenvalue weighted by molar-refractivity contribution is 6.31. The van der Waals surface area contributed by atoms with Crippen molar-refractivity contribution in [2.75, 3.05) is 19.0 Å². The number of fused-ring (bicyclic) bond motifs is 1. The van der Waals surface area contributed by atoms with Crippen LogP contribution in [0.3, 0.4) is 0 Å². The number of rotatable bonds is 4. The van der Waals surface area contributed by atoms with E-state index in [1.54, 1.807) is 37.4 Å². The second-order valence-corrected chi connectivity index (χ2v) is 7.10. The molecule has 0 saturated carbocycles. The SMILES string of the molecule is COc1ccc(Cl)cc1-c1nn(-c2ccc(C(=O)O)cc2)c2c1CCCCN2. The molecule has 0 saturated heterocycles. The number of aromatic nitrogens is 2. The number of hydrogen-bond donors (Lipinski definition) is 2. The summed E-state index contributed by atoms with van der Waals surface area (Å²) >= 11 is 6.25. The molecule has 144 valence electrons. The number of nitrogens with zero attached hydrogens (tertiary/aromatic N) is 2. The highest BCUT2D eigenvalue weighted by Crippen LogP contribution is 2.39. The predicted molar refractivity (Wildman–Crippen MR) is 109 cm³/mol. The fraction of sp³-hybridized carbons (Fsp3) is 0.238. The average molecular weight is 398 g/mol. The van der Waals surface area contributed by atoms with E-state index in [1.807, 2.05) is 16.8 Å². The van der Waals surface area contributed by atoms with E-state index < -0.39 is 5.97 Å². The van der Waals surface area contributed by atoms with Crippen molar-refractivity contribution < 1.29 is 14.6 Å². The van der Waals surface area contributed by atoms with E-state index >= 15 is 0 Å². The van der Waals surface area contributed by atoms with Crippen LogP contribution < -0.4 is 10.1 Å². The van der Waals surface area contributed by atoms with Crippen LogP contribution in [0, 0.1) is 0 Å². The predicted octanol–water partition coefficient (Wildman–Crippen LogP) is 4.65. The molecule has 28 heavy (non-hydrogen) atoms. The van der Waals surface area contributed by atoms with Crippen molar-refractivity contribution in [3.63, 3.8) is 0 Å². The minimum Gasteiger partial charge on any atom is -0.496 e. The molecule has 0 unspecified atom stereocenters. The molecule has 6 nitrogen and oxygen atoms in total. The van der Waals surface area contributed by atoms with Crippen LogP contribution in [0.5, 0.6) is 5.75 Å². The van der Waals surface area contributed by atoms with E-state index in [0.29, 0.717) is 10.8 Å². The molecule has 0 bridgehead atoms. The van der Waals surface area contributed by atoms with Gasteiger partial charge in [-0.15, -0.1) is 0 Å². The number of hydrogen-bond acceptors (Lipinski definition) is 4. The lowest BCUT2D eigenvalue weighted by Crippen LogP contribution is -2.07. The number of methoxy groups -OCH3 is 1. The third kappa shape index (κ3) is 3.31. The first kappa shape index (κ1) is 18.4. The van der Waals surface area contributed by atoms with Crippen LogP contribution in [0.2, 0.25) is 5.02 Å². The van der Waals surface area contributed by atoms with Crippen LogP contribution in [0.25, 0.3) is 16.9 Å². The Morgan fingerprint density at radius 3 is 2.71 bits per heavy atom. The fourth-order valence-corrected chi connectivity index (χ4v) is 3.69. The van der Waals surface area contributed by atoms with E-state index in [-0.39, 0.29) is 5.56 Å². The van der Waals surface area contributed by atoms with Crippen molar-refractivity contribution in [3.05, 3.63) is 58.6 Å². The minimum absolute atomic E-state index is 0.242. The summed E-state index contributed by atoms with van der Waals surface area (Å²) in [4.78, 5) is 11.2. The van der Waals surface area contributed by atoms with Crippen LogP contribution in [0.1, 0.15) is 28.8 Å². The number of halogens is 1. The van der Waals surface area contributed by atoms with Gasteiger partial charge in [-0.1, -0.05) is 11.6 Å². The van der Waals surface area contributed by atoms with Crippen LogP contribution >= 0.6 is 11.6 Å². The second kappa shape index (κ2) is 7.56. The summed E-state index contributed by atoms with van der Waals surface area (Å²) in [7, 11) is 1.63. The van der Waals surface area contributed by atoms with Crippen molar-refractivity contribution in [1.82, 2.24) is 9.78 Å². The largest absolute Gasteiger partial charge is 0.496 e. The number of carboxylic acids is 1. The fourth-order valence-electron chi connectivity index (χ4n) is 3.52. The topological polar surface area (TPSA) is 76.4 Å². The molecule has 4 rings (SSSR count). The third-order valence-corrected chi connectivity index (χ3v) is 5.14. The van der Waals surface area contributed by atoms with E-state index in [1.165, 1.54) is 0 Å². The number of benzene rings is 2. The van der Waals surface area contributed by atoms with Crippen molar-refractivity contribution in [2.45, 2.75) is 19.3 Å². The molecule has 2 N–H and O–H groups in total. The minimum atomic E-state index is -0.951. The first-order valence-corrected chi connectivity index (χ1v) is 9.49. The molecule has 0 spiro atoms. The number of aromatic carboxylic acids is 1. The molecule has 0 atom stereocenters. The zero-order valence-corrected chi connectivity index (χ0v) is 16.2. The van der Waals surface area contributed by atoms with E-state index in [9.17, 15) is 4.79 Å². The van der Waals surface area contributed by atoms with Gasteiger partial charge in [-0.05, 0) is 61.7 Å². The van der Waals surface area contributed by atoms with Crippen molar-refractivity contribution in [3.8, 4) is 22.7 Å². The molecular formula is C21H20ClN3O3.